The minimum Gasteiger partial charge on any atom is -1.00 e. The second kappa shape index (κ2) is 4.57. The van der Waals surface area contributed by atoms with Crippen LogP contribution in [0.4, 0.5) is 5.69 Å². The third-order valence-electron chi connectivity index (χ3n) is 1.87. The fourth-order valence-corrected chi connectivity index (χ4v) is 1.06. The quantitative estimate of drug-likeness (QED) is 0.663. The van der Waals surface area contributed by atoms with Crippen LogP contribution in [0.5, 0.6) is 0 Å². The molecule has 0 saturated carbocycles. The molecule has 4 heteroatoms. The Morgan fingerprint density at radius 2 is 1.86 bits per heavy atom. The zero-order valence-electron chi connectivity index (χ0n) is 8.49. The normalized spacial score (nSPS) is 10.5. The van der Waals surface area contributed by atoms with Gasteiger partial charge in [0.15, 0.2) is 0 Å². The molecule has 0 atom stereocenters. The summed E-state index contributed by atoms with van der Waals surface area (Å²) in [6, 6.07) is 6.98. The van der Waals surface area contributed by atoms with Crippen LogP contribution >= 0.6 is 0 Å². The SMILES string of the molecule is C[N+](C)(C)c1cccc(C(=O)O)c1.[Br-]. The van der Waals surface area contributed by atoms with Gasteiger partial charge in [0, 0.05) is 6.07 Å². The lowest BCUT2D eigenvalue weighted by atomic mass is 10.2. The van der Waals surface area contributed by atoms with Crippen molar-refractivity contribution in [2.24, 2.45) is 0 Å². The lowest BCUT2D eigenvalue weighted by molar-refractivity contribution is -0.0000185. The topological polar surface area (TPSA) is 37.3 Å². The standard InChI is InChI=1S/C10H13NO2.BrH/c1-11(2,3)9-6-4-5-8(7-9)10(12)13;/h4-7H,1-3H3;1H. The van der Waals surface area contributed by atoms with Gasteiger partial charge in [-0.1, -0.05) is 6.07 Å². The Balaban J connectivity index is 0.00000169. The summed E-state index contributed by atoms with van der Waals surface area (Å²) in [7, 11) is 6.00. The molecule has 0 spiro atoms. The largest absolute Gasteiger partial charge is 1.00 e. The van der Waals surface area contributed by atoms with Gasteiger partial charge >= 0.3 is 5.97 Å². The van der Waals surface area contributed by atoms with E-state index in [0.717, 1.165) is 5.69 Å². The van der Waals surface area contributed by atoms with Gasteiger partial charge in [0.2, 0.25) is 0 Å². The molecule has 0 radical (unpaired) electrons. The summed E-state index contributed by atoms with van der Waals surface area (Å²) in [5.74, 6) is -0.879. The molecule has 0 amide bonds. The van der Waals surface area contributed by atoms with Crippen molar-refractivity contribution in [1.29, 1.82) is 0 Å². The third kappa shape index (κ3) is 3.12. The lowest BCUT2D eigenvalue weighted by Gasteiger charge is -2.23. The molecule has 3 nitrogen and oxygen atoms in total. The highest BCUT2D eigenvalue weighted by molar-refractivity contribution is 5.88. The molecular weight excluding hydrogens is 246 g/mol. The Morgan fingerprint density at radius 3 is 2.29 bits per heavy atom. The number of nitrogens with zero attached hydrogens (tertiary/aromatic N) is 1. The minimum absolute atomic E-state index is 0. The first kappa shape index (κ1) is 13.1. The van der Waals surface area contributed by atoms with Gasteiger partial charge in [-0.25, -0.2) is 4.79 Å². The maximum atomic E-state index is 10.7. The predicted octanol–water partition coefficient (Wildman–Crippen LogP) is -1.41. The molecule has 1 rings (SSSR count). The Bertz CT molecular complexity index is 331. The predicted molar refractivity (Wildman–Crippen MR) is 53.0 cm³/mol. The summed E-state index contributed by atoms with van der Waals surface area (Å²) in [5.41, 5.74) is 1.32. The summed E-state index contributed by atoms with van der Waals surface area (Å²) in [6.07, 6.45) is 0. The lowest BCUT2D eigenvalue weighted by Crippen LogP contribution is -3.00. The van der Waals surface area contributed by atoms with Crippen LogP contribution in [0.15, 0.2) is 24.3 Å². The number of halogens is 1. The van der Waals surface area contributed by atoms with Crippen molar-refractivity contribution in [2.45, 2.75) is 0 Å². The first-order valence-corrected chi connectivity index (χ1v) is 4.06. The molecule has 0 aliphatic carbocycles. The molecule has 14 heavy (non-hydrogen) atoms. The van der Waals surface area contributed by atoms with E-state index in [4.69, 9.17) is 5.11 Å². The van der Waals surface area contributed by atoms with Gasteiger partial charge in [-0.05, 0) is 12.1 Å². The summed E-state index contributed by atoms with van der Waals surface area (Å²) in [6.45, 7) is 0. The Hall–Kier alpha value is -0.870. The van der Waals surface area contributed by atoms with Crippen LogP contribution < -0.4 is 21.5 Å². The van der Waals surface area contributed by atoms with Gasteiger partial charge in [0.1, 0.15) is 5.69 Å². The highest BCUT2D eigenvalue weighted by Gasteiger charge is 2.13. The maximum absolute atomic E-state index is 10.7. The zero-order chi connectivity index (χ0) is 10.1. The third-order valence-corrected chi connectivity index (χ3v) is 1.87. The average molecular weight is 260 g/mol. The van der Waals surface area contributed by atoms with Crippen LogP contribution in [0.1, 0.15) is 10.4 Å². The van der Waals surface area contributed by atoms with E-state index in [9.17, 15) is 4.79 Å². The van der Waals surface area contributed by atoms with Crippen molar-refractivity contribution in [3.05, 3.63) is 29.8 Å². The number of carboxylic acid groups (broad SMARTS) is 1. The molecule has 0 aromatic heterocycles. The Labute approximate surface area is 94.3 Å². The number of carboxylic acids is 1. The van der Waals surface area contributed by atoms with E-state index in [0.29, 0.717) is 10.0 Å². The second-order valence-corrected chi connectivity index (χ2v) is 3.87. The van der Waals surface area contributed by atoms with Gasteiger partial charge in [0.05, 0.1) is 26.7 Å². The molecule has 0 aliphatic rings. The van der Waals surface area contributed by atoms with Crippen LogP contribution in [0, 0.1) is 0 Å². The molecule has 0 unspecified atom stereocenters. The van der Waals surface area contributed by atoms with Gasteiger partial charge in [-0.15, -0.1) is 0 Å². The molecule has 0 bridgehead atoms. The van der Waals surface area contributed by atoms with Crippen LogP contribution in [-0.2, 0) is 0 Å². The molecule has 0 saturated heterocycles. The van der Waals surface area contributed by atoms with Crippen LogP contribution in [0.25, 0.3) is 0 Å². The van der Waals surface area contributed by atoms with Gasteiger partial charge in [-0.3, -0.25) is 4.48 Å². The molecule has 0 aliphatic heterocycles. The van der Waals surface area contributed by atoms with E-state index in [1.54, 1.807) is 18.2 Å². The van der Waals surface area contributed by atoms with E-state index in [-0.39, 0.29) is 17.0 Å². The Kier molecular flexibility index (Phi) is 4.29. The van der Waals surface area contributed by atoms with Crippen molar-refractivity contribution in [1.82, 2.24) is 4.48 Å². The van der Waals surface area contributed by atoms with E-state index in [2.05, 4.69) is 0 Å². The van der Waals surface area contributed by atoms with Crippen molar-refractivity contribution < 1.29 is 26.9 Å². The fraction of sp³-hybridized carbons (Fsp3) is 0.300. The number of rotatable bonds is 2. The maximum Gasteiger partial charge on any atom is 0.335 e. The summed E-state index contributed by atoms with van der Waals surface area (Å²) < 4.78 is 0.626. The van der Waals surface area contributed by atoms with Crippen molar-refractivity contribution in [3.63, 3.8) is 0 Å². The first-order valence-electron chi connectivity index (χ1n) is 4.06. The number of hydrogen-bond donors (Lipinski definition) is 1. The van der Waals surface area contributed by atoms with Crippen molar-refractivity contribution in [3.8, 4) is 0 Å². The first-order chi connectivity index (χ1) is 5.91. The molecule has 1 aromatic carbocycles. The highest BCUT2D eigenvalue weighted by Crippen LogP contribution is 2.17. The van der Waals surface area contributed by atoms with Crippen molar-refractivity contribution in [2.75, 3.05) is 21.1 Å². The van der Waals surface area contributed by atoms with E-state index < -0.39 is 5.97 Å². The average Bonchev–Trinajstić information content (AvgIpc) is 2.03. The number of aromatic carboxylic acids is 1. The molecule has 0 heterocycles. The number of carbonyl (C=O) groups is 1. The molecule has 1 N–H and O–H groups in total. The summed E-state index contributed by atoms with van der Waals surface area (Å²) in [4.78, 5) is 10.7. The number of hydrogen-bond acceptors (Lipinski definition) is 1. The van der Waals surface area contributed by atoms with Crippen LogP contribution in [-0.4, -0.2) is 32.2 Å². The summed E-state index contributed by atoms with van der Waals surface area (Å²) >= 11 is 0. The minimum atomic E-state index is -0.879. The molecular formula is C10H14BrNO2. The fourth-order valence-electron chi connectivity index (χ4n) is 1.06. The van der Waals surface area contributed by atoms with Crippen LogP contribution in [0.2, 0.25) is 0 Å². The number of benzene rings is 1. The van der Waals surface area contributed by atoms with E-state index >= 15 is 0 Å². The highest BCUT2D eigenvalue weighted by atomic mass is 79.9. The zero-order valence-corrected chi connectivity index (χ0v) is 10.1. The number of quaternary nitrogens is 1. The monoisotopic (exact) mass is 259 g/mol. The van der Waals surface area contributed by atoms with Gasteiger partial charge < -0.3 is 22.1 Å². The van der Waals surface area contributed by atoms with Crippen LogP contribution in [0.3, 0.4) is 0 Å². The Morgan fingerprint density at radius 1 is 1.29 bits per heavy atom. The smallest absolute Gasteiger partial charge is 0.335 e. The molecule has 1 aromatic rings. The van der Waals surface area contributed by atoms with Gasteiger partial charge in [0.25, 0.3) is 0 Å². The molecule has 78 valence electrons. The second-order valence-electron chi connectivity index (χ2n) is 3.87. The van der Waals surface area contributed by atoms with Crippen molar-refractivity contribution >= 4 is 11.7 Å². The van der Waals surface area contributed by atoms with E-state index in [1.165, 1.54) is 0 Å². The van der Waals surface area contributed by atoms with E-state index in [1.807, 2.05) is 27.2 Å². The summed E-state index contributed by atoms with van der Waals surface area (Å²) in [5, 5.41) is 8.77. The van der Waals surface area contributed by atoms with Gasteiger partial charge in [-0.2, -0.15) is 0 Å². The molecule has 0 fully saturated rings.